The summed E-state index contributed by atoms with van der Waals surface area (Å²) in [6.07, 6.45) is 5.25. The number of pyridine rings is 1. The van der Waals surface area contributed by atoms with E-state index in [1.54, 1.807) is 12.1 Å². The molecule has 0 fully saturated rings. The first-order valence-electron chi connectivity index (χ1n) is 5.11. The number of carbonyl (C=O) groups is 2. The summed E-state index contributed by atoms with van der Waals surface area (Å²) in [6, 6.07) is 3.19. The second kappa shape index (κ2) is 5.83. The first-order chi connectivity index (χ1) is 9.15. The number of rotatable bonds is 4. The second-order valence-corrected chi connectivity index (χ2v) is 4.17. The Morgan fingerprint density at radius 1 is 1.42 bits per heavy atom. The number of aromatic nitrogens is 3. The summed E-state index contributed by atoms with van der Waals surface area (Å²) in [5.74, 6) is -1.08. The molecule has 0 spiro atoms. The van der Waals surface area contributed by atoms with Gasteiger partial charge in [-0.05, 0) is 35.3 Å². The van der Waals surface area contributed by atoms with Gasteiger partial charge in [-0.15, -0.1) is 5.10 Å². The highest BCUT2D eigenvalue weighted by Crippen LogP contribution is 2.11. The van der Waals surface area contributed by atoms with Gasteiger partial charge in [0.05, 0.1) is 6.20 Å². The van der Waals surface area contributed by atoms with Gasteiger partial charge in [0.1, 0.15) is 10.7 Å². The number of carboxylic acid groups (broad SMARTS) is 1. The Kier molecular flexibility index (Phi) is 3.94. The van der Waals surface area contributed by atoms with E-state index in [-0.39, 0.29) is 5.91 Å². The minimum Gasteiger partial charge on any atom is -0.478 e. The SMILES string of the molecule is O=C(O)/C=C/c1ccnc(NC(=O)c2cnns2)c1. The van der Waals surface area contributed by atoms with Gasteiger partial charge in [-0.2, -0.15) is 0 Å². The van der Waals surface area contributed by atoms with Crippen LogP contribution in [0.15, 0.2) is 30.6 Å². The molecule has 96 valence electrons. The maximum atomic E-state index is 11.7. The summed E-state index contributed by atoms with van der Waals surface area (Å²) in [7, 11) is 0. The predicted molar refractivity (Wildman–Crippen MR) is 68.8 cm³/mol. The van der Waals surface area contributed by atoms with Crippen LogP contribution in [0.4, 0.5) is 5.82 Å². The van der Waals surface area contributed by atoms with Crippen LogP contribution in [0.1, 0.15) is 15.2 Å². The highest BCUT2D eigenvalue weighted by molar-refractivity contribution is 7.07. The lowest BCUT2D eigenvalue weighted by atomic mass is 10.2. The van der Waals surface area contributed by atoms with E-state index in [0.29, 0.717) is 16.3 Å². The van der Waals surface area contributed by atoms with Crippen LogP contribution in [0.3, 0.4) is 0 Å². The molecule has 8 heteroatoms. The third kappa shape index (κ3) is 3.68. The summed E-state index contributed by atoms with van der Waals surface area (Å²) >= 11 is 0.976. The predicted octanol–water partition coefficient (Wildman–Crippen LogP) is 1.28. The lowest BCUT2D eigenvalue weighted by Crippen LogP contribution is -2.11. The normalized spacial score (nSPS) is 10.5. The van der Waals surface area contributed by atoms with Gasteiger partial charge < -0.3 is 10.4 Å². The molecule has 7 nitrogen and oxygen atoms in total. The number of aliphatic carboxylic acids is 1. The number of nitrogens with zero attached hydrogens (tertiary/aromatic N) is 3. The van der Waals surface area contributed by atoms with Crippen molar-refractivity contribution in [3.63, 3.8) is 0 Å². The van der Waals surface area contributed by atoms with E-state index in [2.05, 4.69) is 19.9 Å². The number of amides is 1. The molecular formula is C11H8N4O3S. The highest BCUT2D eigenvalue weighted by atomic mass is 32.1. The molecule has 19 heavy (non-hydrogen) atoms. The van der Waals surface area contributed by atoms with E-state index in [1.807, 2.05) is 0 Å². The van der Waals surface area contributed by atoms with Crippen LogP contribution in [0.25, 0.3) is 6.08 Å². The zero-order chi connectivity index (χ0) is 13.7. The fraction of sp³-hybridized carbons (Fsp3) is 0. The van der Waals surface area contributed by atoms with Crippen molar-refractivity contribution >= 4 is 35.3 Å². The molecular weight excluding hydrogens is 268 g/mol. The van der Waals surface area contributed by atoms with Crippen molar-refractivity contribution in [1.29, 1.82) is 0 Å². The molecule has 0 atom stereocenters. The molecule has 2 N–H and O–H groups in total. The lowest BCUT2D eigenvalue weighted by molar-refractivity contribution is -0.131. The summed E-state index contributed by atoms with van der Waals surface area (Å²) in [4.78, 5) is 26.5. The molecule has 0 aliphatic carbocycles. The second-order valence-electron chi connectivity index (χ2n) is 3.38. The monoisotopic (exact) mass is 276 g/mol. The van der Waals surface area contributed by atoms with Crippen molar-refractivity contribution in [2.24, 2.45) is 0 Å². The van der Waals surface area contributed by atoms with Crippen molar-refractivity contribution < 1.29 is 14.7 Å². The van der Waals surface area contributed by atoms with E-state index in [1.165, 1.54) is 18.5 Å². The molecule has 1 amide bonds. The van der Waals surface area contributed by atoms with Gasteiger partial charge in [0.15, 0.2) is 0 Å². The third-order valence-electron chi connectivity index (χ3n) is 2.03. The minimum atomic E-state index is -1.04. The quantitative estimate of drug-likeness (QED) is 0.815. The number of nitrogens with one attached hydrogen (secondary N) is 1. The van der Waals surface area contributed by atoms with Crippen molar-refractivity contribution in [3.05, 3.63) is 41.0 Å². The Hall–Kier alpha value is -2.61. The smallest absolute Gasteiger partial charge is 0.328 e. The van der Waals surface area contributed by atoms with Gasteiger partial charge in [0, 0.05) is 12.3 Å². The van der Waals surface area contributed by atoms with Crippen LogP contribution < -0.4 is 5.32 Å². The molecule has 0 aromatic carbocycles. The van der Waals surface area contributed by atoms with Crippen LogP contribution in [-0.4, -0.2) is 31.6 Å². The van der Waals surface area contributed by atoms with Gasteiger partial charge in [-0.25, -0.2) is 9.78 Å². The maximum Gasteiger partial charge on any atom is 0.328 e. The van der Waals surface area contributed by atoms with Crippen molar-refractivity contribution in [2.45, 2.75) is 0 Å². The number of carbonyl (C=O) groups excluding carboxylic acids is 1. The van der Waals surface area contributed by atoms with Gasteiger partial charge in [-0.3, -0.25) is 4.79 Å². The Labute approximate surface area is 111 Å². The Balaban J connectivity index is 2.11. The van der Waals surface area contributed by atoms with Crippen LogP contribution in [0.2, 0.25) is 0 Å². The van der Waals surface area contributed by atoms with E-state index in [0.717, 1.165) is 17.6 Å². The van der Waals surface area contributed by atoms with Crippen molar-refractivity contribution in [3.8, 4) is 0 Å². The molecule has 0 aliphatic heterocycles. The van der Waals surface area contributed by atoms with Gasteiger partial charge in [-0.1, -0.05) is 4.49 Å². The molecule has 0 saturated heterocycles. The van der Waals surface area contributed by atoms with Gasteiger partial charge in [0.25, 0.3) is 5.91 Å². The fourth-order valence-electron chi connectivity index (χ4n) is 1.23. The first kappa shape index (κ1) is 12.8. The van der Waals surface area contributed by atoms with Crippen LogP contribution in [0, 0.1) is 0 Å². The van der Waals surface area contributed by atoms with Gasteiger partial charge in [0.2, 0.25) is 0 Å². The van der Waals surface area contributed by atoms with Crippen LogP contribution in [0.5, 0.6) is 0 Å². The topological polar surface area (TPSA) is 105 Å². The van der Waals surface area contributed by atoms with E-state index in [9.17, 15) is 9.59 Å². The van der Waals surface area contributed by atoms with Crippen molar-refractivity contribution in [1.82, 2.24) is 14.6 Å². The lowest BCUT2D eigenvalue weighted by Gasteiger charge is -2.02. The molecule has 0 bridgehead atoms. The molecule has 2 heterocycles. The van der Waals surface area contributed by atoms with Crippen molar-refractivity contribution in [2.75, 3.05) is 5.32 Å². The van der Waals surface area contributed by atoms with E-state index < -0.39 is 5.97 Å². The molecule has 0 radical (unpaired) electrons. The Morgan fingerprint density at radius 3 is 2.95 bits per heavy atom. The van der Waals surface area contributed by atoms with Crippen LogP contribution >= 0.6 is 11.5 Å². The third-order valence-corrected chi connectivity index (χ3v) is 2.69. The zero-order valence-corrected chi connectivity index (χ0v) is 10.3. The number of carboxylic acids is 1. The minimum absolute atomic E-state index is 0.325. The Morgan fingerprint density at radius 2 is 2.26 bits per heavy atom. The largest absolute Gasteiger partial charge is 0.478 e. The molecule has 2 rings (SSSR count). The standard InChI is InChI=1S/C11H8N4O3S/c16-10(17)2-1-7-3-4-12-9(5-7)14-11(18)8-6-13-15-19-8/h1-6H,(H,16,17)(H,12,14,18)/b2-1+. The number of anilines is 1. The fourth-order valence-corrected chi connectivity index (χ4v) is 1.64. The summed E-state index contributed by atoms with van der Waals surface area (Å²) < 4.78 is 3.59. The van der Waals surface area contributed by atoms with E-state index in [4.69, 9.17) is 5.11 Å². The first-order valence-corrected chi connectivity index (χ1v) is 5.88. The molecule has 2 aromatic rings. The van der Waals surface area contributed by atoms with Crippen LogP contribution in [-0.2, 0) is 4.79 Å². The molecule has 0 aliphatic rings. The number of hydrogen-bond acceptors (Lipinski definition) is 6. The molecule has 2 aromatic heterocycles. The molecule has 0 saturated carbocycles. The maximum absolute atomic E-state index is 11.7. The zero-order valence-electron chi connectivity index (χ0n) is 9.48. The summed E-state index contributed by atoms with van der Waals surface area (Å²) in [6.45, 7) is 0. The number of hydrogen-bond donors (Lipinski definition) is 2. The Bertz CT molecular complexity index is 625. The summed E-state index contributed by atoms with van der Waals surface area (Å²) in [5.41, 5.74) is 0.620. The van der Waals surface area contributed by atoms with E-state index >= 15 is 0 Å². The average molecular weight is 276 g/mol. The summed E-state index contributed by atoms with van der Waals surface area (Å²) in [5, 5.41) is 14.7. The molecule has 0 unspecified atom stereocenters. The average Bonchev–Trinajstić information content (AvgIpc) is 2.91. The van der Waals surface area contributed by atoms with Gasteiger partial charge >= 0.3 is 5.97 Å². The highest BCUT2D eigenvalue weighted by Gasteiger charge is 2.09.